The van der Waals surface area contributed by atoms with Crippen molar-refractivity contribution in [3.05, 3.63) is 63.7 Å². The van der Waals surface area contributed by atoms with Crippen LogP contribution in [0.15, 0.2) is 42.5 Å². The molecule has 0 radical (unpaired) electrons. The molecule has 22 heavy (non-hydrogen) atoms. The molecular weight excluding hydrogens is 284 g/mol. The number of carbonyl (C=O) groups is 1. The Kier molecular flexibility index (Phi) is 4.73. The van der Waals surface area contributed by atoms with E-state index in [4.69, 9.17) is 4.74 Å². The van der Waals surface area contributed by atoms with E-state index in [2.05, 4.69) is 5.32 Å². The number of rotatable bonds is 5. The number of nitro benzene ring substituents is 1. The van der Waals surface area contributed by atoms with Crippen LogP contribution in [0.5, 0.6) is 5.75 Å². The number of amides is 1. The van der Waals surface area contributed by atoms with E-state index < -0.39 is 10.8 Å². The van der Waals surface area contributed by atoms with Crippen LogP contribution in [-0.2, 0) is 6.42 Å². The normalized spacial score (nSPS) is 10.1. The minimum Gasteiger partial charge on any atom is -0.496 e. The summed E-state index contributed by atoms with van der Waals surface area (Å²) in [6.07, 6.45) is 0.881. The van der Waals surface area contributed by atoms with Crippen LogP contribution in [0.1, 0.15) is 22.8 Å². The third-order valence-electron chi connectivity index (χ3n) is 3.27. The van der Waals surface area contributed by atoms with Crippen molar-refractivity contribution in [3.63, 3.8) is 0 Å². The van der Waals surface area contributed by atoms with Crippen molar-refractivity contribution in [2.45, 2.75) is 13.3 Å². The minimum atomic E-state index is -0.557. The van der Waals surface area contributed by atoms with E-state index in [0.29, 0.717) is 11.3 Å². The number of methoxy groups -OCH3 is 1. The van der Waals surface area contributed by atoms with Crippen LogP contribution in [0.3, 0.4) is 0 Å². The van der Waals surface area contributed by atoms with Crippen LogP contribution in [-0.4, -0.2) is 17.9 Å². The molecule has 0 bridgehead atoms. The Morgan fingerprint density at radius 2 is 1.91 bits per heavy atom. The molecule has 0 saturated carbocycles. The SMILES string of the molecule is CCc1ccc(C(=O)Nc2ccc(OC)cc2[N+](=O)[O-])cc1. The molecular formula is C16H16N2O4. The van der Waals surface area contributed by atoms with Gasteiger partial charge in [-0.05, 0) is 36.2 Å². The number of benzene rings is 2. The Hall–Kier alpha value is -2.89. The highest BCUT2D eigenvalue weighted by Crippen LogP contribution is 2.29. The lowest BCUT2D eigenvalue weighted by Gasteiger charge is -2.08. The molecule has 0 aliphatic rings. The summed E-state index contributed by atoms with van der Waals surface area (Å²) in [4.78, 5) is 22.7. The van der Waals surface area contributed by atoms with Crippen LogP contribution in [0, 0.1) is 10.1 Å². The lowest BCUT2D eigenvalue weighted by molar-refractivity contribution is -0.384. The minimum absolute atomic E-state index is 0.135. The van der Waals surface area contributed by atoms with Gasteiger partial charge >= 0.3 is 0 Å². The fourth-order valence-corrected chi connectivity index (χ4v) is 1.98. The summed E-state index contributed by atoms with van der Waals surface area (Å²) in [5.41, 5.74) is 1.49. The maximum Gasteiger partial charge on any atom is 0.296 e. The number of nitrogens with zero attached hydrogens (tertiary/aromatic N) is 1. The molecule has 0 atom stereocenters. The van der Waals surface area contributed by atoms with Crippen molar-refractivity contribution in [1.29, 1.82) is 0 Å². The highest BCUT2D eigenvalue weighted by molar-refractivity contribution is 6.05. The molecule has 0 aromatic heterocycles. The van der Waals surface area contributed by atoms with Gasteiger partial charge in [0.05, 0.1) is 18.1 Å². The first-order valence-corrected chi connectivity index (χ1v) is 6.78. The molecule has 0 heterocycles. The summed E-state index contributed by atoms with van der Waals surface area (Å²) >= 11 is 0. The predicted octanol–water partition coefficient (Wildman–Crippen LogP) is 3.42. The number of anilines is 1. The quantitative estimate of drug-likeness (QED) is 0.677. The first kappa shape index (κ1) is 15.5. The summed E-state index contributed by atoms with van der Waals surface area (Å²) in [7, 11) is 1.42. The Morgan fingerprint density at radius 3 is 2.45 bits per heavy atom. The Balaban J connectivity index is 2.25. The summed E-state index contributed by atoms with van der Waals surface area (Å²) in [5, 5.41) is 13.7. The fraction of sp³-hybridized carbons (Fsp3) is 0.188. The molecule has 0 fully saturated rings. The second-order valence-electron chi connectivity index (χ2n) is 4.64. The van der Waals surface area contributed by atoms with E-state index in [1.165, 1.54) is 19.2 Å². The highest BCUT2D eigenvalue weighted by atomic mass is 16.6. The molecule has 0 spiro atoms. The van der Waals surface area contributed by atoms with Crippen molar-refractivity contribution >= 4 is 17.3 Å². The monoisotopic (exact) mass is 300 g/mol. The maximum absolute atomic E-state index is 12.2. The van der Waals surface area contributed by atoms with E-state index in [0.717, 1.165) is 12.0 Å². The van der Waals surface area contributed by atoms with E-state index in [1.807, 2.05) is 19.1 Å². The number of carbonyl (C=O) groups excluding carboxylic acids is 1. The number of nitrogens with one attached hydrogen (secondary N) is 1. The van der Waals surface area contributed by atoms with Gasteiger partial charge in [0.25, 0.3) is 11.6 Å². The van der Waals surface area contributed by atoms with Gasteiger partial charge in [-0.25, -0.2) is 0 Å². The Labute approximate surface area is 127 Å². The third kappa shape index (κ3) is 3.41. The Bertz CT molecular complexity index is 696. The zero-order chi connectivity index (χ0) is 16.1. The van der Waals surface area contributed by atoms with Crippen molar-refractivity contribution in [3.8, 4) is 5.75 Å². The van der Waals surface area contributed by atoms with Gasteiger partial charge in [-0.1, -0.05) is 19.1 Å². The number of hydrogen-bond acceptors (Lipinski definition) is 4. The molecule has 0 saturated heterocycles. The van der Waals surface area contributed by atoms with E-state index >= 15 is 0 Å². The summed E-state index contributed by atoms with van der Waals surface area (Å²) < 4.78 is 4.96. The zero-order valence-electron chi connectivity index (χ0n) is 12.3. The number of nitro groups is 1. The summed E-state index contributed by atoms with van der Waals surface area (Å²) in [5.74, 6) is -0.0343. The average Bonchev–Trinajstić information content (AvgIpc) is 2.55. The second-order valence-corrected chi connectivity index (χ2v) is 4.64. The van der Waals surface area contributed by atoms with Crippen LogP contribution in [0.4, 0.5) is 11.4 Å². The number of aryl methyl sites for hydroxylation is 1. The van der Waals surface area contributed by atoms with Crippen molar-refractivity contribution in [2.24, 2.45) is 0 Å². The number of ether oxygens (including phenoxy) is 1. The average molecular weight is 300 g/mol. The van der Waals surface area contributed by atoms with Gasteiger partial charge in [0.15, 0.2) is 0 Å². The van der Waals surface area contributed by atoms with E-state index in [1.54, 1.807) is 18.2 Å². The molecule has 6 heteroatoms. The smallest absolute Gasteiger partial charge is 0.296 e. The molecule has 2 rings (SSSR count). The third-order valence-corrected chi connectivity index (χ3v) is 3.27. The zero-order valence-corrected chi connectivity index (χ0v) is 12.3. The van der Waals surface area contributed by atoms with Gasteiger partial charge in [-0.15, -0.1) is 0 Å². The summed E-state index contributed by atoms with van der Waals surface area (Å²) in [6, 6.07) is 11.4. The molecule has 1 amide bonds. The van der Waals surface area contributed by atoms with Crippen molar-refractivity contribution in [1.82, 2.24) is 0 Å². The lowest BCUT2D eigenvalue weighted by atomic mass is 10.1. The maximum atomic E-state index is 12.2. The standard InChI is InChI=1S/C16H16N2O4/c1-3-11-4-6-12(7-5-11)16(19)17-14-9-8-13(22-2)10-15(14)18(20)21/h4-10H,3H2,1-2H3,(H,17,19). The first-order chi connectivity index (χ1) is 10.5. The molecule has 0 aliphatic heterocycles. The van der Waals surface area contributed by atoms with Gasteiger partial charge < -0.3 is 10.1 Å². The Morgan fingerprint density at radius 1 is 1.23 bits per heavy atom. The van der Waals surface area contributed by atoms with Crippen LogP contribution < -0.4 is 10.1 Å². The van der Waals surface area contributed by atoms with E-state index in [-0.39, 0.29) is 11.4 Å². The topological polar surface area (TPSA) is 81.5 Å². The molecule has 0 aliphatic carbocycles. The van der Waals surface area contributed by atoms with Gasteiger partial charge in [0.2, 0.25) is 0 Å². The van der Waals surface area contributed by atoms with Crippen molar-refractivity contribution in [2.75, 3.05) is 12.4 Å². The second kappa shape index (κ2) is 6.71. The van der Waals surface area contributed by atoms with Gasteiger partial charge in [0.1, 0.15) is 11.4 Å². The molecule has 114 valence electrons. The van der Waals surface area contributed by atoms with Gasteiger partial charge in [-0.2, -0.15) is 0 Å². The largest absolute Gasteiger partial charge is 0.496 e. The van der Waals surface area contributed by atoms with Gasteiger partial charge in [0, 0.05) is 5.56 Å². The highest BCUT2D eigenvalue weighted by Gasteiger charge is 2.17. The predicted molar refractivity (Wildman–Crippen MR) is 83.4 cm³/mol. The lowest BCUT2D eigenvalue weighted by Crippen LogP contribution is -2.13. The van der Waals surface area contributed by atoms with Crippen LogP contribution in [0.25, 0.3) is 0 Å². The fourth-order valence-electron chi connectivity index (χ4n) is 1.98. The van der Waals surface area contributed by atoms with Crippen LogP contribution >= 0.6 is 0 Å². The van der Waals surface area contributed by atoms with Crippen molar-refractivity contribution < 1.29 is 14.5 Å². The van der Waals surface area contributed by atoms with Gasteiger partial charge in [-0.3, -0.25) is 14.9 Å². The van der Waals surface area contributed by atoms with Crippen LogP contribution in [0.2, 0.25) is 0 Å². The van der Waals surface area contributed by atoms with E-state index in [9.17, 15) is 14.9 Å². The molecule has 2 aromatic carbocycles. The molecule has 6 nitrogen and oxygen atoms in total. The summed E-state index contributed by atoms with van der Waals surface area (Å²) in [6.45, 7) is 2.02. The molecule has 2 aromatic rings. The first-order valence-electron chi connectivity index (χ1n) is 6.78. The number of hydrogen-bond donors (Lipinski definition) is 1. The molecule has 1 N–H and O–H groups in total. The molecule has 0 unspecified atom stereocenters.